The Morgan fingerprint density at radius 2 is 1.83 bits per heavy atom. The number of carboxylic acids is 1. The zero-order valence-electron chi connectivity index (χ0n) is 17.2. The highest BCUT2D eigenvalue weighted by Crippen LogP contribution is 2.09. The molecule has 0 saturated heterocycles. The Kier molecular flexibility index (Phi) is 8.54. The van der Waals surface area contributed by atoms with E-state index in [4.69, 9.17) is 5.73 Å². The van der Waals surface area contributed by atoms with Gasteiger partial charge in [-0.3, -0.25) is 9.59 Å². The Balaban J connectivity index is 2.10. The Hall–Kier alpha value is -3.20. The first kappa shape index (κ1) is 23.1. The summed E-state index contributed by atoms with van der Waals surface area (Å²) in [6.07, 6.45) is 4.03. The number of nitrogens with one attached hydrogen (secondary N) is 3. The molecule has 6 N–H and O–H groups in total. The number of hydrogen-bond donors (Lipinski definition) is 5. The van der Waals surface area contributed by atoms with Gasteiger partial charge in [-0.2, -0.15) is 0 Å². The van der Waals surface area contributed by atoms with Crippen LogP contribution in [0.15, 0.2) is 42.9 Å². The summed E-state index contributed by atoms with van der Waals surface area (Å²) in [6.45, 7) is 3.59. The summed E-state index contributed by atoms with van der Waals surface area (Å²) in [5, 5.41) is 14.7. The van der Waals surface area contributed by atoms with Crippen LogP contribution in [0, 0.1) is 5.92 Å². The van der Waals surface area contributed by atoms with Crippen molar-refractivity contribution in [3.05, 3.63) is 54.1 Å². The number of aliphatic carboxylic acids is 1. The maximum atomic E-state index is 12.9. The second kappa shape index (κ2) is 11.1. The van der Waals surface area contributed by atoms with Crippen LogP contribution in [-0.2, 0) is 27.2 Å². The molecule has 4 atom stereocenters. The number of carbonyl (C=O) groups excluding carboxylic acids is 2. The third kappa shape index (κ3) is 6.70. The first-order valence-electron chi connectivity index (χ1n) is 9.92. The van der Waals surface area contributed by atoms with Gasteiger partial charge in [-0.15, -0.1) is 0 Å². The lowest BCUT2D eigenvalue weighted by Gasteiger charge is -2.25. The molecule has 30 heavy (non-hydrogen) atoms. The van der Waals surface area contributed by atoms with Gasteiger partial charge >= 0.3 is 5.97 Å². The minimum Gasteiger partial charge on any atom is -0.480 e. The van der Waals surface area contributed by atoms with Crippen molar-refractivity contribution in [3.8, 4) is 0 Å². The van der Waals surface area contributed by atoms with Crippen LogP contribution in [0.4, 0.5) is 0 Å². The largest absolute Gasteiger partial charge is 0.480 e. The molecule has 0 saturated carbocycles. The number of carboxylic acid groups (broad SMARTS) is 1. The van der Waals surface area contributed by atoms with Crippen molar-refractivity contribution >= 4 is 17.8 Å². The maximum Gasteiger partial charge on any atom is 0.326 e. The van der Waals surface area contributed by atoms with Gasteiger partial charge < -0.3 is 26.5 Å². The van der Waals surface area contributed by atoms with Crippen molar-refractivity contribution < 1.29 is 19.5 Å². The first-order valence-corrected chi connectivity index (χ1v) is 9.92. The van der Waals surface area contributed by atoms with Gasteiger partial charge in [0.1, 0.15) is 12.1 Å². The monoisotopic (exact) mass is 415 g/mol. The summed E-state index contributed by atoms with van der Waals surface area (Å²) < 4.78 is 0. The fourth-order valence-electron chi connectivity index (χ4n) is 3.00. The highest BCUT2D eigenvalue weighted by atomic mass is 16.4. The zero-order chi connectivity index (χ0) is 22.1. The normalized spacial score (nSPS) is 14.9. The average molecular weight is 415 g/mol. The molecule has 1 heterocycles. The zero-order valence-corrected chi connectivity index (χ0v) is 17.2. The molecule has 9 nitrogen and oxygen atoms in total. The van der Waals surface area contributed by atoms with Crippen molar-refractivity contribution in [2.24, 2.45) is 11.7 Å². The molecule has 0 radical (unpaired) electrons. The summed E-state index contributed by atoms with van der Waals surface area (Å²) in [7, 11) is 0. The minimum absolute atomic E-state index is 0.127. The summed E-state index contributed by atoms with van der Waals surface area (Å²) >= 11 is 0. The van der Waals surface area contributed by atoms with E-state index >= 15 is 0 Å². The van der Waals surface area contributed by atoms with Crippen molar-refractivity contribution in [1.82, 2.24) is 20.6 Å². The van der Waals surface area contributed by atoms with Gasteiger partial charge in [0.15, 0.2) is 0 Å². The molecule has 0 spiro atoms. The van der Waals surface area contributed by atoms with Crippen LogP contribution in [0.2, 0.25) is 0 Å². The molecule has 0 fully saturated rings. The number of aromatic amines is 1. The second-order valence-corrected chi connectivity index (χ2v) is 7.35. The molecule has 9 heteroatoms. The molecule has 0 aliphatic carbocycles. The van der Waals surface area contributed by atoms with Gasteiger partial charge in [0.2, 0.25) is 11.8 Å². The number of aromatic nitrogens is 2. The lowest BCUT2D eigenvalue weighted by atomic mass is 9.98. The summed E-state index contributed by atoms with van der Waals surface area (Å²) in [6, 6.07) is 6.42. The molecule has 2 rings (SSSR count). The van der Waals surface area contributed by atoms with Crippen LogP contribution >= 0.6 is 0 Å². The van der Waals surface area contributed by atoms with E-state index in [0.29, 0.717) is 18.5 Å². The van der Waals surface area contributed by atoms with Crippen molar-refractivity contribution in [3.63, 3.8) is 0 Å². The molecule has 0 aliphatic heterocycles. The van der Waals surface area contributed by atoms with E-state index < -0.39 is 35.9 Å². The molecular formula is C21H29N5O4. The molecule has 1 aromatic heterocycles. The van der Waals surface area contributed by atoms with E-state index in [1.165, 1.54) is 6.33 Å². The predicted octanol–water partition coefficient (Wildman–Crippen LogP) is 0.623. The molecule has 0 bridgehead atoms. The average Bonchev–Trinajstić information content (AvgIpc) is 3.24. The van der Waals surface area contributed by atoms with Gasteiger partial charge in [0, 0.05) is 18.3 Å². The lowest BCUT2D eigenvalue weighted by molar-refractivity contribution is -0.143. The van der Waals surface area contributed by atoms with Gasteiger partial charge in [0.25, 0.3) is 0 Å². The Bertz CT molecular complexity index is 825. The maximum absolute atomic E-state index is 12.9. The Labute approximate surface area is 175 Å². The van der Waals surface area contributed by atoms with Crippen LogP contribution in [-0.4, -0.2) is 51.0 Å². The standard InChI is InChI=1S/C21H29N5O4/c1-3-13(2)18(21(29)30)26-20(28)17(10-15-11-23-12-24-15)25-19(27)16(22)9-14-7-5-4-6-8-14/h4-8,11-13,16-18H,3,9-10,22H2,1-2H3,(H,23,24)(H,25,27)(H,26,28)(H,29,30). The summed E-state index contributed by atoms with van der Waals surface area (Å²) in [5.41, 5.74) is 7.56. The molecular weight excluding hydrogens is 386 g/mol. The number of amides is 2. The van der Waals surface area contributed by atoms with E-state index in [-0.39, 0.29) is 12.3 Å². The van der Waals surface area contributed by atoms with Crippen LogP contribution in [0.1, 0.15) is 31.5 Å². The highest BCUT2D eigenvalue weighted by Gasteiger charge is 2.30. The lowest BCUT2D eigenvalue weighted by Crippen LogP contribution is -2.56. The summed E-state index contributed by atoms with van der Waals surface area (Å²) in [4.78, 5) is 43.9. The number of nitrogens with zero attached hydrogens (tertiary/aromatic N) is 1. The number of imidazole rings is 1. The molecule has 4 unspecified atom stereocenters. The Morgan fingerprint density at radius 1 is 1.13 bits per heavy atom. The van der Waals surface area contributed by atoms with E-state index in [1.807, 2.05) is 37.3 Å². The molecule has 1 aromatic carbocycles. The van der Waals surface area contributed by atoms with Gasteiger partial charge in [-0.05, 0) is 17.9 Å². The third-order valence-corrected chi connectivity index (χ3v) is 5.02. The van der Waals surface area contributed by atoms with E-state index in [0.717, 1.165) is 5.56 Å². The number of benzene rings is 1. The quantitative estimate of drug-likeness (QED) is 0.363. The number of nitrogens with two attached hydrogens (primary N) is 1. The minimum atomic E-state index is -1.12. The topological polar surface area (TPSA) is 150 Å². The predicted molar refractivity (Wildman–Crippen MR) is 111 cm³/mol. The van der Waals surface area contributed by atoms with E-state index in [9.17, 15) is 19.5 Å². The number of H-pyrrole nitrogens is 1. The van der Waals surface area contributed by atoms with E-state index in [1.54, 1.807) is 13.1 Å². The van der Waals surface area contributed by atoms with E-state index in [2.05, 4.69) is 20.6 Å². The first-order chi connectivity index (χ1) is 14.3. The smallest absolute Gasteiger partial charge is 0.326 e. The summed E-state index contributed by atoms with van der Waals surface area (Å²) in [5.74, 6) is -2.47. The molecule has 2 amide bonds. The van der Waals surface area contributed by atoms with Gasteiger partial charge in [-0.1, -0.05) is 50.6 Å². The van der Waals surface area contributed by atoms with Crippen LogP contribution in [0.3, 0.4) is 0 Å². The second-order valence-electron chi connectivity index (χ2n) is 7.35. The Morgan fingerprint density at radius 3 is 2.40 bits per heavy atom. The van der Waals surface area contributed by atoms with Crippen LogP contribution in [0.25, 0.3) is 0 Å². The highest BCUT2D eigenvalue weighted by molar-refractivity contribution is 5.92. The molecule has 2 aromatic rings. The van der Waals surface area contributed by atoms with Crippen molar-refractivity contribution in [1.29, 1.82) is 0 Å². The van der Waals surface area contributed by atoms with Crippen molar-refractivity contribution in [2.45, 2.75) is 51.2 Å². The number of rotatable bonds is 11. The van der Waals surface area contributed by atoms with Crippen LogP contribution in [0.5, 0.6) is 0 Å². The number of hydrogen-bond acceptors (Lipinski definition) is 5. The number of carbonyl (C=O) groups is 3. The fourth-order valence-corrected chi connectivity index (χ4v) is 3.00. The van der Waals surface area contributed by atoms with Gasteiger partial charge in [0.05, 0.1) is 12.4 Å². The van der Waals surface area contributed by atoms with Gasteiger partial charge in [-0.25, -0.2) is 9.78 Å². The third-order valence-electron chi connectivity index (χ3n) is 5.02. The molecule has 162 valence electrons. The molecule has 0 aliphatic rings. The van der Waals surface area contributed by atoms with Crippen LogP contribution < -0.4 is 16.4 Å². The fraction of sp³-hybridized carbons (Fsp3) is 0.429. The van der Waals surface area contributed by atoms with Crippen molar-refractivity contribution in [2.75, 3.05) is 0 Å². The SMILES string of the molecule is CCC(C)C(NC(=O)C(Cc1cnc[nH]1)NC(=O)C(N)Cc1ccccc1)C(=O)O.